The highest BCUT2D eigenvalue weighted by molar-refractivity contribution is 7.92. The van der Waals surface area contributed by atoms with Crippen LogP contribution in [0.3, 0.4) is 0 Å². The molecular weight excluding hydrogens is 610 g/mol. The van der Waals surface area contributed by atoms with E-state index < -0.39 is 28.5 Å². The van der Waals surface area contributed by atoms with Gasteiger partial charge >= 0.3 is 0 Å². The number of carbonyl (C=O) groups is 2. The van der Waals surface area contributed by atoms with Crippen molar-refractivity contribution in [2.24, 2.45) is 0 Å². The summed E-state index contributed by atoms with van der Waals surface area (Å²) in [6.45, 7) is 5.07. The molecule has 0 aliphatic carbocycles. The van der Waals surface area contributed by atoms with Gasteiger partial charge in [-0.1, -0.05) is 90.0 Å². The molecule has 0 saturated heterocycles. The van der Waals surface area contributed by atoms with Gasteiger partial charge in [0.05, 0.1) is 22.7 Å². The second kappa shape index (κ2) is 15.1. The van der Waals surface area contributed by atoms with Crippen LogP contribution in [0.4, 0.5) is 5.69 Å². The molecule has 0 spiro atoms. The lowest BCUT2D eigenvalue weighted by atomic mass is 10.0. The molecule has 0 aliphatic heterocycles. The van der Waals surface area contributed by atoms with E-state index in [4.69, 9.17) is 16.3 Å². The number of halogens is 1. The minimum absolute atomic E-state index is 0.0147. The zero-order valence-corrected chi connectivity index (χ0v) is 27.4. The van der Waals surface area contributed by atoms with E-state index in [0.717, 1.165) is 21.0 Å². The molecule has 0 fully saturated rings. The minimum Gasteiger partial charge on any atom is -0.495 e. The predicted molar refractivity (Wildman–Crippen MR) is 178 cm³/mol. The molecule has 1 N–H and O–H groups in total. The van der Waals surface area contributed by atoms with E-state index in [9.17, 15) is 18.0 Å². The third-order valence-electron chi connectivity index (χ3n) is 7.21. The van der Waals surface area contributed by atoms with Crippen molar-refractivity contribution in [2.45, 2.75) is 50.7 Å². The van der Waals surface area contributed by atoms with E-state index in [2.05, 4.69) is 5.32 Å². The van der Waals surface area contributed by atoms with Crippen LogP contribution < -0.4 is 14.4 Å². The maximum absolute atomic E-state index is 14.5. The Hall–Kier alpha value is -4.34. The summed E-state index contributed by atoms with van der Waals surface area (Å²) in [4.78, 5) is 29.7. The molecule has 0 saturated carbocycles. The summed E-state index contributed by atoms with van der Waals surface area (Å²) in [6.07, 6.45) is 0.233. The summed E-state index contributed by atoms with van der Waals surface area (Å²) in [5.74, 6) is -0.529. The van der Waals surface area contributed by atoms with Gasteiger partial charge in [-0.25, -0.2) is 8.42 Å². The third-order valence-corrected chi connectivity index (χ3v) is 9.29. The summed E-state index contributed by atoms with van der Waals surface area (Å²) < 4.78 is 34.6. The fourth-order valence-corrected chi connectivity index (χ4v) is 6.55. The first kappa shape index (κ1) is 33.6. The maximum atomic E-state index is 14.5. The summed E-state index contributed by atoms with van der Waals surface area (Å²) in [5.41, 5.74) is 2.72. The number of nitrogens with zero attached hydrogens (tertiary/aromatic N) is 2. The van der Waals surface area contributed by atoms with Crippen molar-refractivity contribution in [3.63, 3.8) is 0 Å². The molecular formula is C35H38ClN3O5S. The van der Waals surface area contributed by atoms with Gasteiger partial charge in [-0.05, 0) is 62.2 Å². The highest BCUT2D eigenvalue weighted by atomic mass is 35.5. The van der Waals surface area contributed by atoms with Crippen molar-refractivity contribution in [1.29, 1.82) is 0 Å². The second-order valence-electron chi connectivity index (χ2n) is 11.0. The van der Waals surface area contributed by atoms with E-state index in [-0.39, 0.29) is 40.5 Å². The first-order valence-electron chi connectivity index (χ1n) is 14.6. The molecule has 4 aromatic rings. The van der Waals surface area contributed by atoms with Gasteiger partial charge in [0, 0.05) is 19.0 Å². The summed E-state index contributed by atoms with van der Waals surface area (Å²) in [5, 5.41) is 3.14. The molecule has 0 radical (unpaired) electrons. The first-order chi connectivity index (χ1) is 21.5. The Balaban J connectivity index is 1.81. The van der Waals surface area contributed by atoms with Gasteiger partial charge in [0.2, 0.25) is 11.8 Å². The lowest BCUT2D eigenvalue weighted by Gasteiger charge is -2.34. The van der Waals surface area contributed by atoms with Crippen LogP contribution >= 0.6 is 11.6 Å². The summed E-state index contributed by atoms with van der Waals surface area (Å²) >= 11 is 6.43. The van der Waals surface area contributed by atoms with E-state index in [0.29, 0.717) is 5.75 Å². The monoisotopic (exact) mass is 647 g/mol. The summed E-state index contributed by atoms with van der Waals surface area (Å²) in [7, 11) is -2.79. The van der Waals surface area contributed by atoms with Crippen molar-refractivity contribution in [3.8, 4) is 5.75 Å². The van der Waals surface area contributed by atoms with Crippen molar-refractivity contribution in [2.75, 3.05) is 18.0 Å². The van der Waals surface area contributed by atoms with Gasteiger partial charge in [-0.15, -0.1) is 0 Å². The van der Waals surface area contributed by atoms with Crippen molar-refractivity contribution in [3.05, 3.63) is 125 Å². The van der Waals surface area contributed by atoms with E-state index in [1.54, 1.807) is 18.2 Å². The van der Waals surface area contributed by atoms with Crippen LogP contribution in [0, 0.1) is 6.92 Å². The van der Waals surface area contributed by atoms with Crippen LogP contribution in [0.2, 0.25) is 5.02 Å². The Morgan fingerprint density at radius 1 is 0.867 bits per heavy atom. The molecule has 4 aromatic carbocycles. The first-order valence-corrected chi connectivity index (χ1v) is 16.4. The average Bonchev–Trinajstić information content (AvgIpc) is 3.02. The number of nitrogens with one attached hydrogen (secondary N) is 1. The quantitative estimate of drug-likeness (QED) is 0.192. The molecule has 45 heavy (non-hydrogen) atoms. The van der Waals surface area contributed by atoms with Crippen LogP contribution in [0.1, 0.15) is 30.5 Å². The smallest absolute Gasteiger partial charge is 0.264 e. The number of sulfonamides is 1. The molecule has 2 amide bonds. The van der Waals surface area contributed by atoms with Gasteiger partial charge in [0.25, 0.3) is 10.0 Å². The average molecular weight is 648 g/mol. The zero-order chi connectivity index (χ0) is 32.6. The van der Waals surface area contributed by atoms with Crippen LogP contribution in [-0.4, -0.2) is 50.9 Å². The van der Waals surface area contributed by atoms with Gasteiger partial charge in [-0.3, -0.25) is 13.9 Å². The van der Waals surface area contributed by atoms with E-state index >= 15 is 0 Å². The lowest BCUT2D eigenvalue weighted by Crippen LogP contribution is -2.54. The number of anilines is 1. The number of ether oxygens (including phenoxy) is 1. The number of benzene rings is 4. The molecule has 0 heterocycles. The topological polar surface area (TPSA) is 96.0 Å². The number of methoxy groups -OCH3 is 1. The van der Waals surface area contributed by atoms with E-state index in [1.807, 2.05) is 81.4 Å². The van der Waals surface area contributed by atoms with Crippen molar-refractivity contribution >= 4 is 39.1 Å². The molecule has 4 rings (SSSR count). The van der Waals surface area contributed by atoms with Crippen LogP contribution in [0.5, 0.6) is 5.75 Å². The molecule has 1 atom stereocenters. The second-order valence-corrected chi connectivity index (χ2v) is 13.3. The van der Waals surface area contributed by atoms with Crippen LogP contribution in [0.15, 0.2) is 108 Å². The fourth-order valence-electron chi connectivity index (χ4n) is 4.89. The van der Waals surface area contributed by atoms with Crippen LogP contribution in [-0.2, 0) is 32.6 Å². The predicted octanol–water partition coefficient (Wildman–Crippen LogP) is 6.02. The Bertz CT molecular complexity index is 1700. The van der Waals surface area contributed by atoms with Crippen LogP contribution in [0.25, 0.3) is 0 Å². The number of carbonyl (C=O) groups excluding carboxylic acids is 2. The lowest BCUT2D eigenvalue weighted by molar-refractivity contribution is -0.140. The van der Waals surface area contributed by atoms with Crippen molar-refractivity contribution in [1.82, 2.24) is 10.2 Å². The maximum Gasteiger partial charge on any atom is 0.264 e. The molecule has 0 unspecified atom stereocenters. The SMILES string of the molecule is COc1ccc(N(CC(=O)N(Cc2ccccc2)[C@H](Cc2ccccc2)C(=O)NC(C)C)S(=O)(=O)c2ccc(C)cc2)cc1Cl. The molecule has 10 heteroatoms. The van der Waals surface area contributed by atoms with Gasteiger partial charge in [-0.2, -0.15) is 0 Å². The zero-order valence-electron chi connectivity index (χ0n) is 25.8. The molecule has 236 valence electrons. The number of amides is 2. The minimum atomic E-state index is -4.25. The Morgan fingerprint density at radius 3 is 2.02 bits per heavy atom. The Morgan fingerprint density at radius 2 is 1.47 bits per heavy atom. The summed E-state index contributed by atoms with van der Waals surface area (Å²) in [6, 6.07) is 28.6. The van der Waals surface area contributed by atoms with Crippen molar-refractivity contribution < 1.29 is 22.7 Å². The highest BCUT2D eigenvalue weighted by Gasteiger charge is 2.35. The van der Waals surface area contributed by atoms with E-state index in [1.165, 1.54) is 36.3 Å². The Labute approximate surface area is 270 Å². The standard InChI is InChI=1S/C35H38ClN3O5S/c1-25(2)37-35(41)32(21-27-11-7-5-8-12-27)38(23-28-13-9-6-10-14-28)34(40)24-39(29-17-20-33(44-4)31(36)22-29)45(42,43)30-18-15-26(3)16-19-30/h5-20,22,25,32H,21,23-24H2,1-4H3,(H,37,41)/t32-/m1/s1. The normalized spacial score (nSPS) is 12.0. The Kier molecular flexibility index (Phi) is 11.3. The number of aryl methyl sites for hydroxylation is 1. The third kappa shape index (κ3) is 8.65. The van der Waals surface area contributed by atoms with Gasteiger partial charge in [0.1, 0.15) is 18.3 Å². The fraction of sp³-hybridized carbons (Fsp3) is 0.257. The molecule has 0 aliphatic rings. The highest BCUT2D eigenvalue weighted by Crippen LogP contribution is 2.32. The molecule has 0 bridgehead atoms. The number of hydrogen-bond donors (Lipinski definition) is 1. The number of rotatable bonds is 13. The van der Waals surface area contributed by atoms with Gasteiger partial charge < -0.3 is 15.0 Å². The molecule has 0 aromatic heterocycles. The molecule has 8 nitrogen and oxygen atoms in total. The van der Waals surface area contributed by atoms with Gasteiger partial charge in [0.15, 0.2) is 0 Å². The number of hydrogen-bond acceptors (Lipinski definition) is 5. The largest absolute Gasteiger partial charge is 0.495 e.